The van der Waals surface area contributed by atoms with Crippen molar-refractivity contribution in [2.75, 3.05) is 6.61 Å². The molecule has 1 aromatic rings. The molecule has 14 heavy (non-hydrogen) atoms. The van der Waals surface area contributed by atoms with E-state index in [9.17, 15) is 0 Å². The first kappa shape index (κ1) is 9.69. The molecule has 1 aromatic carbocycles. The summed E-state index contributed by atoms with van der Waals surface area (Å²) in [6.07, 6.45) is 1.15. The summed E-state index contributed by atoms with van der Waals surface area (Å²) >= 11 is 0. The predicted octanol–water partition coefficient (Wildman–Crippen LogP) is 2.30. The summed E-state index contributed by atoms with van der Waals surface area (Å²) in [5.41, 5.74) is 2.69. The van der Waals surface area contributed by atoms with Gasteiger partial charge in [-0.1, -0.05) is 24.3 Å². The van der Waals surface area contributed by atoms with Crippen LogP contribution < -0.4 is 0 Å². The molecule has 2 nitrogen and oxygen atoms in total. The van der Waals surface area contributed by atoms with Crippen molar-refractivity contribution in [3.8, 4) is 0 Å². The molecule has 2 unspecified atom stereocenters. The van der Waals surface area contributed by atoms with Crippen LogP contribution in [0.5, 0.6) is 0 Å². The molecule has 1 saturated heterocycles. The molecule has 1 aliphatic heterocycles. The van der Waals surface area contributed by atoms with Gasteiger partial charge in [0.05, 0.1) is 12.7 Å². The first-order valence-electron chi connectivity index (χ1n) is 5.07. The van der Waals surface area contributed by atoms with Crippen LogP contribution >= 0.6 is 0 Å². The van der Waals surface area contributed by atoms with Crippen LogP contribution in [0.4, 0.5) is 0 Å². The molecule has 0 amide bonds. The third-order valence-corrected chi connectivity index (χ3v) is 2.61. The van der Waals surface area contributed by atoms with Gasteiger partial charge in [0.1, 0.15) is 0 Å². The van der Waals surface area contributed by atoms with E-state index < -0.39 is 0 Å². The Morgan fingerprint density at radius 3 is 2.79 bits per heavy atom. The molecule has 76 valence electrons. The monoisotopic (exact) mass is 192 g/mol. The van der Waals surface area contributed by atoms with Crippen LogP contribution in [-0.4, -0.2) is 19.0 Å². The predicted molar refractivity (Wildman–Crippen MR) is 55.2 cm³/mol. The Hall–Kier alpha value is -0.860. The van der Waals surface area contributed by atoms with Crippen LogP contribution in [0, 0.1) is 6.92 Å². The van der Waals surface area contributed by atoms with Crippen LogP contribution in [0.25, 0.3) is 0 Å². The van der Waals surface area contributed by atoms with E-state index in [0.29, 0.717) is 0 Å². The van der Waals surface area contributed by atoms with E-state index in [4.69, 9.17) is 9.47 Å². The maximum absolute atomic E-state index is 5.60. The fourth-order valence-corrected chi connectivity index (χ4v) is 1.78. The van der Waals surface area contributed by atoms with Crippen molar-refractivity contribution in [1.82, 2.24) is 0 Å². The standard InChI is InChI=1S/C12H16O2/c1-9-5-3-4-6-11(9)7-12-8-13-10(2)14-12/h3-6,10,12H,7-8H2,1-2H3. The summed E-state index contributed by atoms with van der Waals surface area (Å²) < 4.78 is 11.0. The zero-order chi connectivity index (χ0) is 9.97. The maximum Gasteiger partial charge on any atom is 0.155 e. The highest BCUT2D eigenvalue weighted by Crippen LogP contribution is 2.17. The Bertz CT molecular complexity index is 309. The molecule has 0 bridgehead atoms. The Morgan fingerprint density at radius 2 is 2.14 bits per heavy atom. The lowest BCUT2D eigenvalue weighted by Crippen LogP contribution is -2.14. The van der Waals surface area contributed by atoms with Crippen LogP contribution in [0.1, 0.15) is 18.1 Å². The summed E-state index contributed by atoms with van der Waals surface area (Å²) in [4.78, 5) is 0. The maximum atomic E-state index is 5.60. The second-order valence-electron chi connectivity index (χ2n) is 3.79. The van der Waals surface area contributed by atoms with E-state index in [0.717, 1.165) is 13.0 Å². The summed E-state index contributed by atoms with van der Waals surface area (Å²) in [5, 5.41) is 0. The van der Waals surface area contributed by atoms with E-state index in [1.807, 2.05) is 6.92 Å². The minimum atomic E-state index is -0.0379. The van der Waals surface area contributed by atoms with Crippen molar-refractivity contribution in [2.24, 2.45) is 0 Å². The number of aryl methyl sites for hydroxylation is 1. The fraction of sp³-hybridized carbons (Fsp3) is 0.500. The van der Waals surface area contributed by atoms with Gasteiger partial charge in [-0.25, -0.2) is 0 Å². The highest BCUT2D eigenvalue weighted by molar-refractivity contribution is 5.26. The number of benzene rings is 1. The number of ether oxygens (including phenoxy) is 2. The lowest BCUT2D eigenvalue weighted by molar-refractivity contribution is -0.0417. The largest absolute Gasteiger partial charge is 0.350 e. The first-order chi connectivity index (χ1) is 6.75. The highest BCUT2D eigenvalue weighted by atomic mass is 16.7. The molecule has 2 atom stereocenters. The zero-order valence-electron chi connectivity index (χ0n) is 8.69. The van der Waals surface area contributed by atoms with Crippen molar-refractivity contribution in [2.45, 2.75) is 32.7 Å². The van der Waals surface area contributed by atoms with Crippen molar-refractivity contribution in [1.29, 1.82) is 0 Å². The van der Waals surface area contributed by atoms with Gasteiger partial charge in [0.25, 0.3) is 0 Å². The average molecular weight is 192 g/mol. The topological polar surface area (TPSA) is 18.5 Å². The summed E-state index contributed by atoms with van der Waals surface area (Å²) in [5.74, 6) is 0. The first-order valence-corrected chi connectivity index (χ1v) is 5.07. The van der Waals surface area contributed by atoms with Gasteiger partial charge in [-0.2, -0.15) is 0 Å². The quantitative estimate of drug-likeness (QED) is 0.715. The number of rotatable bonds is 2. The third-order valence-electron chi connectivity index (χ3n) is 2.61. The Labute approximate surface area is 84.8 Å². The van der Waals surface area contributed by atoms with Gasteiger partial charge >= 0.3 is 0 Å². The van der Waals surface area contributed by atoms with Gasteiger partial charge in [0, 0.05) is 6.42 Å². The lowest BCUT2D eigenvalue weighted by Gasteiger charge is -2.10. The molecule has 0 saturated carbocycles. The van der Waals surface area contributed by atoms with Crippen molar-refractivity contribution >= 4 is 0 Å². The van der Waals surface area contributed by atoms with E-state index in [1.165, 1.54) is 11.1 Å². The molecule has 2 heteroatoms. The zero-order valence-corrected chi connectivity index (χ0v) is 8.69. The smallest absolute Gasteiger partial charge is 0.155 e. The van der Waals surface area contributed by atoms with E-state index in [1.54, 1.807) is 0 Å². The second kappa shape index (κ2) is 4.11. The molecule has 0 aromatic heterocycles. The van der Waals surface area contributed by atoms with E-state index in [-0.39, 0.29) is 12.4 Å². The minimum Gasteiger partial charge on any atom is -0.350 e. The van der Waals surface area contributed by atoms with Crippen molar-refractivity contribution in [3.63, 3.8) is 0 Å². The van der Waals surface area contributed by atoms with Gasteiger partial charge in [-0.05, 0) is 25.0 Å². The minimum absolute atomic E-state index is 0.0379. The van der Waals surface area contributed by atoms with Crippen LogP contribution in [0.2, 0.25) is 0 Å². The number of hydrogen-bond acceptors (Lipinski definition) is 2. The molecule has 1 fully saturated rings. The molecular formula is C12H16O2. The normalized spacial score (nSPS) is 26.7. The average Bonchev–Trinajstić information content (AvgIpc) is 2.56. The number of hydrogen-bond donors (Lipinski definition) is 0. The van der Waals surface area contributed by atoms with Crippen LogP contribution in [-0.2, 0) is 15.9 Å². The molecule has 2 rings (SSSR count). The van der Waals surface area contributed by atoms with Crippen LogP contribution in [0.15, 0.2) is 24.3 Å². The SMILES string of the molecule is Cc1ccccc1CC1COC(C)O1. The van der Waals surface area contributed by atoms with Crippen LogP contribution in [0.3, 0.4) is 0 Å². The van der Waals surface area contributed by atoms with Gasteiger partial charge < -0.3 is 9.47 Å². The highest BCUT2D eigenvalue weighted by Gasteiger charge is 2.22. The molecule has 0 radical (unpaired) electrons. The van der Waals surface area contributed by atoms with Crippen molar-refractivity contribution < 1.29 is 9.47 Å². The third kappa shape index (κ3) is 2.14. The Morgan fingerprint density at radius 1 is 1.36 bits per heavy atom. The lowest BCUT2D eigenvalue weighted by atomic mass is 10.0. The summed E-state index contributed by atoms with van der Waals surface area (Å²) in [6.45, 7) is 4.79. The van der Waals surface area contributed by atoms with Gasteiger partial charge in [0.2, 0.25) is 0 Å². The van der Waals surface area contributed by atoms with Crippen molar-refractivity contribution in [3.05, 3.63) is 35.4 Å². The van der Waals surface area contributed by atoms with Gasteiger partial charge in [0.15, 0.2) is 6.29 Å². The van der Waals surface area contributed by atoms with Gasteiger partial charge in [-0.15, -0.1) is 0 Å². The second-order valence-corrected chi connectivity index (χ2v) is 3.79. The fourth-order valence-electron chi connectivity index (χ4n) is 1.78. The molecule has 1 heterocycles. The molecule has 1 aliphatic rings. The Balaban J connectivity index is 2.01. The van der Waals surface area contributed by atoms with Gasteiger partial charge in [-0.3, -0.25) is 0 Å². The van der Waals surface area contributed by atoms with E-state index >= 15 is 0 Å². The Kier molecular flexibility index (Phi) is 2.85. The molecule has 0 N–H and O–H groups in total. The molecular weight excluding hydrogens is 176 g/mol. The summed E-state index contributed by atoms with van der Waals surface area (Å²) in [7, 11) is 0. The van der Waals surface area contributed by atoms with E-state index in [2.05, 4.69) is 31.2 Å². The molecule has 0 spiro atoms. The summed E-state index contributed by atoms with van der Waals surface area (Å²) in [6, 6.07) is 8.42. The molecule has 0 aliphatic carbocycles.